The molecule has 0 rings (SSSR count). The van der Waals surface area contributed by atoms with Crippen LogP contribution >= 0.6 is 0 Å². The number of rotatable bonds is 42. The summed E-state index contributed by atoms with van der Waals surface area (Å²) in [6, 6.07) is 14.8. The fourth-order valence-electron chi connectivity index (χ4n) is 9.10. The van der Waals surface area contributed by atoms with Crippen molar-refractivity contribution in [3.05, 3.63) is 0 Å². The van der Waals surface area contributed by atoms with E-state index in [-0.39, 0.29) is 0 Å². The fraction of sp³-hybridized carbons (Fsp3) is 1.00. The monoisotopic (exact) mass is 1200 g/mol. The molecule has 0 fully saturated rings. The second kappa shape index (κ2) is 31.1. The lowest BCUT2D eigenvalue weighted by atomic mass is 10.6. The van der Waals surface area contributed by atoms with Gasteiger partial charge in [-0.1, -0.05) is 26.7 Å². The van der Waals surface area contributed by atoms with E-state index in [9.17, 15) is 0 Å². The van der Waals surface area contributed by atoms with Crippen LogP contribution in [0.1, 0.15) is 26.7 Å². The van der Waals surface area contributed by atoms with Gasteiger partial charge in [0.15, 0.2) is 106 Å². The molecule has 0 N–H and O–H groups in total. The molecule has 27 heteroatoms. The fourth-order valence-corrected chi connectivity index (χ4v) is 77.4. The highest BCUT2D eigenvalue weighted by Gasteiger charge is 2.54. The third kappa shape index (κ3) is 32.7. The molecule has 0 spiro atoms. The molecule has 0 aliphatic heterocycles. The first-order valence-corrected chi connectivity index (χ1v) is 63.9. The smallest absolute Gasteiger partial charge is 0.437 e. The first kappa shape index (κ1) is 69.8. The topological polar surface area (TPSA) is 111 Å². The molecule has 0 saturated carbocycles. The van der Waals surface area contributed by atoms with Crippen molar-refractivity contribution in [1.29, 1.82) is 0 Å². The summed E-state index contributed by atoms with van der Waals surface area (Å²) in [5.74, 6) is 0. The predicted octanol–water partition coefficient (Wildman–Crippen LogP) is 10.8. The summed E-state index contributed by atoms with van der Waals surface area (Å²) in [7, 11) is -20.3. The molecular formula is C40H112O12Si15. The van der Waals surface area contributed by atoms with Crippen LogP contribution in [0.4, 0.5) is 0 Å². The lowest BCUT2D eigenvalue weighted by Gasteiger charge is -2.46. The van der Waals surface area contributed by atoms with Crippen molar-refractivity contribution in [3.8, 4) is 0 Å². The van der Waals surface area contributed by atoms with Crippen molar-refractivity contribution in [2.24, 2.45) is 0 Å². The third-order valence-electron chi connectivity index (χ3n) is 11.9. The van der Waals surface area contributed by atoms with Crippen LogP contribution in [0.25, 0.3) is 0 Å². The Kier molecular flexibility index (Phi) is 32.4. The Morgan fingerprint density at radius 1 is 0.254 bits per heavy atom. The van der Waals surface area contributed by atoms with E-state index in [1.807, 2.05) is 28.4 Å². The Hall–Kier alpha value is 2.77. The van der Waals surface area contributed by atoms with Gasteiger partial charge in [-0.25, -0.2) is 0 Å². The predicted molar refractivity (Wildman–Crippen MR) is 328 cm³/mol. The molecule has 404 valence electrons. The summed E-state index contributed by atoms with van der Waals surface area (Å²) in [4.78, 5) is 0. The van der Waals surface area contributed by atoms with Crippen molar-refractivity contribution in [3.63, 3.8) is 0 Å². The zero-order chi connectivity index (χ0) is 52.1. The summed E-state index contributed by atoms with van der Waals surface area (Å²) >= 11 is 0. The first-order chi connectivity index (χ1) is 30.4. The molecule has 0 unspecified atom stereocenters. The molecule has 0 aliphatic rings. The highest BCUT2D eigenvalue weighted by atomic mass is 28.5. The summed E-state index contributed by atoms with van der Waals surface area (Å²) in [6.45, 7) is 47.2. The molecule has 12 nitrogen and oxygen atoms in total. The maximum absolute atomic E-state index is 7.56. The van der Waals surface area contributed by atoms with Gasteiger partial charge in [-0.05, 0) is 190 Å². The van der Waals surface area contributed by atoms with Crippen LogP contribution < -0.4 is 0 Å². The van der Waals surface area contributed by atoms with Crippen molar-refractivity contribution in [2.75, 3.05) is 28.4 Å². The highest BCUT2D eigenvalue weighted by Crippen LogP contribution is 2.38. The van der Waals surface area contributed by atoms with E-state index >= 15 is 0 Å². The van der Waals surface area contributed by atoms with Gasteiger partial charge in [0.1, 0.15) is 0 Å². The summed E-state index contributed by atoms with van der Waals surface area (Å²) in [6.07, 6.45) is 1.99. The van der Waals surface area contributed by atoms with E-state index < -0.39 is 132 Å². The molecule has 0 amide bonds. The minimum atomic E-state index is -3.00. The van der Waals surface area contributed by atoms with Crippen LogP contribution in [-0.4, -0.2) is 160 Å². The Morgan fingerprint density at radius 3 is 0.612 bits per heavy atom. The standard InChI is InChI=1S/C40H112O12Si15/c1-25-31-66(47-57(7,8)33-27-53-41-3,48-58(9,10)34-28-54-42-4)51-63(19,20)39-37-61(15,16)45-65(23,24)46-62(17,18)38-40-64(21,22)52-67(32-26-2,49-59(11,12)35-29-55-43-5)50-60(13,14)36-30-56-44-6/h25-40,53-56H2,1-24H3. The molecular weight excluding hydrogens is 1090 g/mol. The van der Waals surface area contributed by atoms with Gasteiger partial charge in [-0.2, -0.15) is 0 Å². The molecule has 0 atom stereocenters. The van der Waals surface area contributed by atoms with Gasteiger partial charge in [-0.15, -0.1) is 0 Å². The van der Waals surface area contributed by atoms with Crippen LogP contribution in [0.15, 0.2) is 0 Å². The molecule has 0 heterocycles. The average molecular weight is 1210 g/mol. The molecule has 0 radical (unpaired) electrons. The van der Waals surface area contributed by atoms with Gasteiger partial charge in [0, 0.05) is 40.5 Å². The Bertz CT molecular complexity index is 1200. The molecule has 67 heavy (non-hydrogen) atoms. The molecule has 0 aliphatic carbocycles. The first-order valence-electron chi connectivity index (χ1n) is 26.0. The zero-order valence-corrected chi connectivity index (χ0v) is 65.2. The molecule has 0 aromatic heterocycles. The second-order valence-electron chi connectivity index (χ2n) is 24.5. The number of hydrogen-bond acceptors (Lipinski definition) is 12. The summed E-state index contributed by atoms with van der Waals surface area (Å²) in [5, 5.41) is 0. The quantitative estimate of drug-likeness (QED) is 0.0429. The van der Waals surface area contributed by atoms with Crippen molar-refractivity contribution >= 4 is 132 Å². The molecule has 0 aromatic rings. The lowest BCUT2D eigenvalue weighted by Crippen LogP contribution is -2.62. The van der Waals surface area contributed by atoms with Gasteiger partial charge in [0.2, 0.25) is 0 Å². The lowest BCUT2D eigenvalue weighted by molar-refractivity contribution is 0.245. The van der Waals surface area contributed by atoms with Gasteiger partial charge >= 0.3 is 26.2 Å². The maximum atomic E-state index is 7.56. The van der Waals surface area contributed by atoms with E-state index in [0.29, 0.717) is 0 Å². The summed E-state index contributed by atoms with van der Waals surface area (Å²) < 4.78 is 81.7. The van der Waals surface area contributed by atoms with Gasteiger partial charge in [-0.3, -0.25) is 0 Å². The van der Waals surface area contributed by atoms with Crippen LogP contribution in [0, 0.1) is 0 Å². The number of hydrogen-bond donors (Lipinski definition) is 0. The van der Waals surface area contributed by atoms with Crippen LogP contribution in [0.3, 0.4) is 0 Å². The normalized spacial score (nSPS) is 16.8. The molecule has 0 bridgehead atoms. The van der Waals surface area contributed by atoms with Crippen molar-refractivity contribution in [2.45, 2.75) is 229 Å². The Labute approximate surface area is 436 Å². The highest BCUT2D eigenvalue weighted by molar-refractivity contribution is 6.94. The molecule has 0 saturated heterocycles. The second-order valence-corrected chi connectivity index (χ2v) is 76.5. The minimum absolute atomic E-state index is 0.520. The van der Waals surface area contributed by atoms with Crippen LogP contribution in [0.2, 0.25) is 202 Å². The average Bonchev–Trinajstić information content (AvgIpc) is 3.11. The minimum Gasteiger partial charge on any atom is -0.437 e. The third-order valence-corrected chi connectivity index (χ3v) is 63.3. The zero-order valence-electron chi connectivity index (χ0n) is 48.5. The van der Waals surface area contributed by atoms with Gasteiger partial charge < -0.3 is 50.6 Å². The van der Waals surface area contributed by atoms with Crippen molar-refractivity contribution < 1.29 is 50.6 Å². The maximum Gasteiger partial charge on any atom is 0.469 e. The largest absolute Gasteiger partial charge is 0.469 e. The van der Waals surface area contributed by atoms with Gasteiger partial charge in [0.05, 0.1) is 0 Å². The van der Waals surface area contributed by atoms with Gasteiger partial charge in [0.25, 0.3) is 0 Å². The SMILES string of the molecule is CCC[Si](O[Si](C)(C)CC[SiH2]OC)(O[Si](C)(C)CC[SiH2]OC)O[Si](C)(C)CC[Si](C)(C)O[Si](C)(C)O[Si](C)(C)CC[Si](C)(C)O[Si](CCC)(O[Si](C)(C)CC[SiH2]OC)O[Si](C)(C)CC[SiH2]OC. The van der Waals surface area contributed by atoms with E-state index in [4.69, 9.17) is 50.6 Å². The Morgan fingerprint density at radius 2 is 0.433 bits per heavy atom. The van der Waals surface area contributed by atoms with E-state index in [2.05, 4.69) is 132 Å². The van der Waals surface area contributed by atoms with Crippen molar-refractivity contribution in [1.82, 2.24) is 0 Å². The molecule has 0 aromatic carbocycles. The van der Waals surface area contributed by atoms with E-state index in [0.717, 1.165) is 97.5 Å². The Balaban J connectivity index is 6.31. The van der Waals surface area contributed by atoms with Crippen LogP contribution in [0.5, 0.6) is 0 Å². The van der Waals surface area contributed by atoms with E-state index in [1.165, 1.54) is 0 Å². The summed E-state index contributed by atoms with van der Waals surface area (Å²) in [5.41, 5.74) is 0. The van der Waals surface area contributed by atoms with E-state index in [1.54, 1.807) is 0 Å². The van der Waals surface area contributed by atoms with Crippen LogP contribution in [-0.2, 0) is 50.6 Å².